The third-order valence-corrected chi connectivity index (χ3v) is 5.50. The molecule has 1 aromatic carbocycles. The van der Waals surface area contributed by atoms with Gasteiger partial charge in [0.15, 0.2) is 0 Å². The van der Waals surface area contributed by atoms with E-state index in [1.165, 1.54) is 18.2 Å². The lowest BCUT2D eigenvalue weighted by Gasteiger charge is -2.30. The van der Waals surface area contributed by atoms with Crippen LogP contribution in [0.15, 0.2) is 29.3 Å². The van der Waals surface area contributed by atoms with Crippen molar-refractivity contribution in [3.05, 3.63) is 29.8 Å². The van der Waals surface area contributed by atoms with Gasteiger partial charge in [-0.25, -0.2) is 4.98 Å². The van der Waals surface area contributed by atoms with Gasteiger partial charge in [0.2, 0.25) is 5.91 Å². The van der Waals surface area contributed by atoms with Crippen LogP contribution in [0.1, 0.15) is 32.3 Å². The molecule has 2 heterocycles. The first-order valence-corrected chi connectivity index (χ1v) is 9.97. The number of rotatable bonds is 5. The van der Waals surface area contributed by atoms with Gasteiger partial charge >= 0.3 is 0 Å². The van der Waals surface area contributed by atoms with E-state index in [0.717, 1.165) is 36.2 Å². The summed E-state index contributed by atoms with van der Waals surface area (Å²) in [5.74, 6) is 1.77. The van der Waals surface area contributed by atoms with Crippen molar-refractivity contribution in [2.75, 3.05) is 25.4 Å². The summed E-state index contributed by atoms with van der Waals surface area (Å²) in [5, 5.41) is 11.0. The molecule has 1 atom stereocenters. The van der Waals surface area contributed by atoms with Crippen molar-refractivity contribution in [1.29, 1.82) is 5.26 Å². The first-order valence-electron chi connectivity index (χ1n) is 8.99. The van der Waals surface area contributed by atoms with E-state index in [1.54, 1.807) is 0 Å². The topological polar surface area (TPSA) is 66.2 Å². The van der Waals surface area contributed by atoms with Crippen molar-refractivity contribution in [3.8, 4) is 11.8 Å². The number of pyridine rings is 1. The average molecular weight is 369 g/mol. The number of likely N-dealkylation sites (tertiary alicyclic amines) is 1. The van der Waals surface area contributed by atoms with E-state index in [4.69, 9.17) is 4.74 Å². The van der Waals surface area contributed by atoms with Gasteiger partial charge in [-0.2, -0.15) is 5.26 Å². The van der Waals surface area contributed by atoms with Gasteiger partial charge < -0.3 is 9.64 Å². The predicted octanol–water partition coefficient (Wildman–Crippen LogP) is 3.86. The largest absolute Gasteiger partial charge is 0.494 e. The van der Waals surface area contributed by atoms with Crippen LogP contribution in [0, 0.1) is 17.2 Å². The van der Waals surface area contributed by atoms with E-state index in [2.05, 4.69) is 18.0 Å². The Balaban J connectivity index is 1.75. The Kier molecular flexibility index (Phi) is 6.00. The maximum absolute atomic E-state index is 12.5. The summed E-state index contributed by atoms with van der Waals surface area (Å²) in [6.07, 6.45) is 2.25. The maximum atomic E-state index is 12.5. The van der Waals surface area contributed by atoms with Crippen molar-refractivity contribution >= 4 is 28.6 Å². The number of ether oxygens (including phenoxy) is 1. The highest BCUT2D eigenvalue weighted by atomic mass is 32.2. The zero-order valence-electron chi connectivity index (χ0n) is 15.2. The zero-order valence-corrected chi connectivity index (χ0v) is 16.0. The van der Waals surface area contributed by atoms with Crippen LogP contribution in [-0.4, -0.2) is 41.2 Å². The minimum Gasteiger partial charge on any atom is -0.494 e. The van der Waals surface area contributed by atoms with Crippen LogP contribution in [0.5, 0.6) is 5.75 Å². The van der Waals surface area contributed by atoms with E-state index in [1.807, 2.05) is 36.1 Å². The molecule has 3 rings (SSSR count). The predicted molar refractivity (Wildman–Crippen MR) is 103 cm³/mol. The Labute approximate surface area is 158 Å². The van der Waals surface area contributed by atoms with Crippen molar-refractivity contribution in [3.63, 3.8) is 0 Å². The van der Waals surface area contributed by atoms with Gasteiger partial charge in [-0.05, 0) is 49.9 Å². The highest BCUT2D eigenvalue weighted by Crippen LogP contribution is 2.27. The lowest BCUT2D eigenvalue weighted by atomic mass is 10.0. The summed E-state index contributed by atoms with van der Waals surface area (Å²) in [5.41, 5.74) is 1.30. The number of nitrogens with zero attached hydrogens (tertiary/aromatic N) is 3. The van der Waals surface area contributed by atoms with E-state index in [-0.39, 0.29) is 5.91 Å². The molecule has 1 amide bonds. The number of benzene rings is 1. The standard InChI is InChI=1S/C20H23N3O2S/c1-3-25-17-6-7-18-15(10-17)9-16(11-21)20(22-18)26-13-19(24)23-8-4-5-14(2)12-23/h6-7,9-10,14H,3-5,8,12-13H2,1-2H3/t14-/m0/s1. The number of piperidine rings is 1. The van der Waals surface area contributed by atoms with Crippen LogP contribution in [-0.2, 0) is 4.79 Å². The second kappa shape index (κ2) is 8.41. The summed E-state index contributed by atoms with van der Waals surface area (Å²) >= 11 is 1.35. The first-order chi connectivity index (χ1) is 12.6. The number of amides is 1. The summed E-state index contributed by atoms with van der Waals surface area (Å²) in [6.45, 7) is 6.37. The fraction of sp³-hybridized carbons (Fsp3) is 0.450. The van der Waals surface area contributed by atoms with Crippen LogP contribution in [0.4, 0.5) is 0 Å². The van der Waals surface area contributed by atoms with E-state index in [0.29, 0.717) is 28.9 Å². The SMILES string of the molecule is CCOc1ccc2nc(SCC(=O)N3CCC[C@H](C)C3)c(C#N)cc2c1. The number of aromatic nitrogens is 1. The number of carbonyl (C=O) groups is 1. The molecule has 1 fully saturated rings. The molecular formula is C20H23N3O2S. The third-order valence-electron chi connectivity index (χ3n) is 4.52. The summed E-state index contributed by atoms with van der Waals surface area (Å²) < 4.78 is 5.51. The van der Waals surface area contributed by atoms with Crippen LogP contribution in [0.25, 0.3) is 10.9 Å². The van der Waals surface area contributed by atoms with Crippen LogP contribution in [0.3, 0.4) is 0 Å². The first kappa shape index (κ1) is 18.5. The van der Waals surface area contributed by atoms with E-state index < -0.39 is 0 Å². The second-order valence-electron chi connectivity index (χ2n) is 6.62. The van der Waals surface area contributed by atoms with Gasteiger partial charge in [-0.15, -0.1) is 0 Å². The fourth-order valence-electron chi connectivity index (χ4n) is 3.22. The molecule has 0 saturated carbocycles. The van der Waals surface area contributed by atoms with Crippen molar-refractivity contribution in [1.82, 2.24) is 9.88 Å². The Bertz CT molecular complexity index is 847. The Morgan fingerprint density at radius 3 is 3.04 bits per heavy atom. The fourth-order valence-corrected chi connectivity index (χ4v) is 4.09. The smallest absolute Gasteiger partial charge is 0.232 e. The minimum atomic E-state index is 0.124. The molecule has 0 radical (unpaired) electrons. The number of carbonyl (C=O) groups excluding carboxylic acids is 1. The van der Waals surface area contributed by atoms with Gasteiger partial charge in [0.1, 0.15) is 16.8 Å². The number of nitriles is 1. The zero-order chi connectivity index (χ0) is 18.5. The molecule has 1 aliphatic heterocycles. The molecule has 0 N–H and O–H groups in total. The molecular weight excluding hydrogens is 346 g/mol. The number of fused-ring (bicyclic) bond motifs is 1. The Morgan fingerprint density at radius 1 is 1.46 bits per heavy atom. The molecule has 0 bridgehead atoms. The van der Waals surface area contributed by atoms with E-state index in [9.17, 15) is 10.1 Å². The molecule has 1 aliphatic rings. The average Bonchev–Trinajstić information content (AvgIpc) is 2.65. The van der Waals surface area contributed by atoms with Crippen molar-refractivity contribution in [2.45, 2.75) is 31.7 Å². The summed E-state index contributed by atoms with van der Waals surface area (Å²) in [7, 11) is 0. The molecule has 0 unspecified atom stereocenters. The summed E-state index contributed by atoms with van der Waals surface area (Å²) in [6, 6.07) is 9.67. The number of thioether (sulfide) groups is 1. The van der Waals surface area contributed by atoms with Gasteiger partial charge in [0, 0.05) is 18.5 Å². The lowest BCUT2D eigenvalue weighted by Crippen LogP contribution is -2.40. The highest BCUT2D eigenvalue weighted by Gasteiger charge is 2.21. The van der Waals surface area contributed by atoms with Crippen molar-refractivity contribution < 1.29 is 9.53 Å². The van der Waals surface area contributed by atoms with Crippen LogP contribution >= 0.6 is 11.8 Å². The molecule has 5 nitrogen and oxygen atoms in total. The number of hydrogen-bond acceptors (Lipinski definition) is 5. The van der Waals surface area contributed by atoms with Crippen LogP contribution in [0.2, 0.25) is 0 Å². The van der Waals surface area contributed by atoms with Gasteiger partial charge in [-0.3, -0.25) is 4.79 Å². The minimum absolute atomic E-state index is 0.124. The van der Waals surface area contributed by atoms with E-state index >= 15 is 0 Å². The maximum Gasteiger partial charge on any atom is 0.232 e. The number of hydrogen-bond donors (Lipinski definition) is 0. The lowest BCUT2D eigenvalue weighted by molar-refractivity contribution is -0.130. The summed E-state index contributed by atoms with van der Waals surface area (Å²) in [4.78, 5) is 19.0. The molecule has 26 heavy (non-hydrogen) atoms. The highest BCUT2D eigenvalue weighted by molar-refractivity contribution is 8.00. The third kappa shape index (κ3) is 4.28. The molecule has 0 aliphatic carbocycles. The Hall–Kier alpha value is -2.26. The van der Waals surface area contributed by atoms with Gasteiger partial charge in [-0.1, -0.05) is 18.7 Å². The van der Waals surface area contributed by atoms with Gasteiger partial charge in [0.25, 0.3) is 0 Å². The molecule has 1 saturated heterocycles. The molecule has 0 spiro atoms. The normalized spacial score (nSPS) is 17.1. The van der Waals surface area contributed by atoms with Gasteiger partial charge in [0.05, 0.1) is 23.4 Å². The molecule has 136 valence electrons. The molecule has 6 heteroatoms. The van der Waals surface area contributed by atoms with Crippen molar-refractivity contribution in [2.24, 2.45) is 5.92 Å². The molecule has 2 aromatic rings. The molecule has 1 aromatic heterocycles. The Morgan fingerprint density at radius 2 is 2.31 bits per heavy atom. The quantitative estimate of drug-likeness (QED) is 0.749. The second-order valence-corrected chi connectivity index (χ2v) is 7.58. The monoisotopic (exact) mass is 369 g/mol. The van der Waals surface area contributed by atoms with Crippen LogP contribution < -0.4 is 4.74 Å².